The molecule has 0 radical (unpaired) electrons. The second kappa shape index (κ2) is 6.37. The van der Waals surface area contributed by atoms with Crippen LogP contribution in [0.3, 0.4) is 0 Å². The third-order valence-electron chi connectivity index (χ3n) is 2.49. The maximum absolute atomic E-state index is 12.0. The van der Waals surface area contributed by atoms with Crippen molar-refractivity contribution in [1.29, 1.82) is 0 Å². The Bertz CT molecular complexity index is 349. The molecule has 0 aromatic heterocycles. The summed E-state index contributed by atoms with van der Waals surface area (Å²) in [5, 5.41) is 0. The van der Waals surface area contributed by atoms with E-state index in [9.17, 15) is 4.79 Å². The normalized spacial score (nSPS) is 12.5. The van der Waals surface area contributed by atoms with Gasteiger partial charge in [0.1, 0.15) is 0 Å². The summed E-state index contributed by atoms with van der Waals surface area (Å²) in [5.74, 6) is -0.0435. The molecule has 1 rings (SSSR count). The van der Waals surface area contributed by atoms with Crippen molar-refractivity contribution in [2.24, 2.45) is 5.73 Å². The molecule has 1 aromatic rings. The van der Waals surface area contributed by atoms with E-state index < -0.39 is 6.04 Å². The van der Waals surface area contributed by atoms with Crippen molar-refractivity contribution in [3.05, 3.63) is 30.3 Å². The molecule has 4 heteroatoms. The fraction of sp³-hybridized carbons (Fsp3) is 0.462. The number of benzene rings is 1. The molecule has 0 aliphatic carbocycles. The van der Waals surface area contributed by atoms with Crippen molar-refractivity contribution in [3.8, 4) is 0 Å². The molecule has 0 heterocycles. The third kappa shape index (κ3) is 4.17. The zero-order valence-corrected chi connectivity index (χ0v) is 10.8. The fourth-order valence-corrected chi connectivity index (χ4v) is 1.52. The average Bonchev–Trinajstić information content (AvgIpc) is 2.30. The number of anilines is 1. The highest BCUT2D eigenvalue weighted by atomic mass is 16.2. The summed E-state index contributed by atoms with van der Waals surface area (Å²) in [7, 11) is 3.97. The average molecular weight is 235 g/mol. The summed E-state index contributed by atoms with van der Waals surface area (Å²) in [4.78, 5) is 15.8. The quantitative estimate of drug-likeness (QED) is 0.826. The molecule has 2 N–H and O–H groups in total. The monoisotopic (exact) mass is 235 g/mol. The number of hydrogen-bond acceptors (Lipinski definition) is 3. The molecule has 0 aliphatic rings. The molecule has 4 nitrogen and oxygen atoms in total. The third-order valence-corrected chi connectivity index (χ3v) is 2.49. The highest BCUT2D eigenvalue weighted by Crippen LogP contribution is 2.13. The van der Waals surface area contributed by atoms with Crippen molar-refractivity contribution >= 4 is 11.6 Å². The highest BCUT2D eigenvalue weighted by Gasteiger charge is 2.18. The lowest BCUT2D eigenvalue weighted by molar-refractivity contribution is -0.119. The molecule has 0 aliphatic heterocycles. The summed E-state index contributed by atoms with van der Waals surface area (Å²) in [5.41, 5.74) is 6.58. The van der Waals surface area contributed by atoms with Gasteiger partial charge in [-0.15, -0.1) is 0 Å². The van der Waals surface area contributed by atoms with Gasteiger partial charge in [-0.3, -0.25) is 4.79 Å². The largest absolute Gasteiger partial charge is 0.320 e. The number of nitrogens with zero attached hydrogens (tertiary/aromatic N) is 2. The van der Waals surface area contributed by atoms with Crippen molar-refractivity contribution in [2.75, 3.05) is 32.1 Å². The first-order valence-electron chi connectivity index (χ1n) is 5.79. The lowest BCUT2D eigenvalue weighted by atomic mass is 10.2. The SMILES string of the molecule is CC(N)C(=O)N(CCN(C)C)c1ccccc1. The molecule has 0 fully saturated rings. The summed E-state index contributed by atoms with van der Waals surface area (Å²) < 4.78 is 0. The van der Waals surface area contributed by atoms with Crippen molar-refractivity contribution in [2.45, 2.75) is 13.0 Å². The molecule has 1 atom stereocenters. The summed E-state index contributed by atoms with van der Waals surface area (Å²) in [6.45, 7) is 3.18. The Morgan fingerprint density at radius 2 is 1.82 bits per heavy atom. The summed E-state index contributed by atoms with van der Waals surface area (Å²) >= 11 is 0. The van der Waals surface area contributed by atoms with Crippen molar-refractivity contribution in [1.82, 2.24) is 4.90 Å². The Morgan fingerprint density at radius 3 is 2.29 bits per heavy atom. The Hall–Kier alpha value is -1.39. The Kier molecular flexibility index (Phi) is 5.12. The van der Waals surface area contributed by atoms with Crippen LogP contribution in [0.5, 0.6) is 0 Å². The fourth-order valence-electron chi connectivity index (χ4n) is 1.52. The van der Waals surface area contributed by atoms with Crippen LogP contribution in [0.15, 0.2) is 30.3 Å². The van der Waals surface area contributed by atoms with Crippen LogP contribution in [0.4, 0.5) is 5.69 Å². The Morgan fingerprint density at radius 1 is 1.24 bits per heavy atom. The number of nitrogens with two attached hydrogens (primary N) is 1. The van der Waals surface area contributed by atoms with Gasteiger partial charge in [-0.05, 0) is 33.2 Å². The van der Waals surface area contributed by atoms with Crippen molar-refractivity contribution < 1.29 is 4.79 Å². The van der Waals surface area contributed by atoms with Gasteiger partial charge in [0.05, 0.1) is 6.04 Å². The van der Waals surface area contributed by atoms with E-state index in [1.54, 1.807) is 11.8 Å². The van der Waals surface area contributed by atoms with Gasteiger partial charge in [0, 0.05) is 18.8 Å². The maximum atomic E-state index is 12.0. The van der Waals surface area contributed by atoms with Gasteiger partial charge in [-0.1, -0.05) is 18.2 Å². The molecule has 1 amide bonds. The van der Waals surface area contributed by atoms with Crippen molar-refractivity contribution in [3.63, 3.8) is 0 Å². The van der Waals surface area contributed by atoms with E-state index in [0.717, 1.165) is 12.2 Å². The first kappa shape index (κ1) is 13.7. The standard InChI is InChI=1S/C13H21N3O/c1-11(14)13(17)16(10-9-15(2)3)12-7-5-4-6-8-12/h4-8,11H,9-10,14H2,1-3H3. The van der Waals surface area contributed by atoms with E-state index >= 15 is 0 Å². The molecule has 1 unspecified atom stereocenters. The summed E-state index contributed by atoms with van der Waals surface area (Å²) in [6.07, 6.45) is 0. The molecular weight excluding hydrogens is 214 g/mol. The molecular formula is C13H21N3O. The number of rotatable bonds is 5. The topological polar surface area (TPSA) is 49.6 Å². The van der Waals surface area contributed by atoms with E-state index in [4.69, 9.17) is 5.73 Å². The van der Waals surface area contributed by atoms with E-state index in [1.807, 2.05) is 49.3 Å². The molecule has 0 saturated heterocycles. The number of carbonyl (C=O) groups is 1. The van der Waals surface area contributed by atoms with E-state index in [2.05, 4.69) is 0 Å². The van der Waals surface area contributed by atoms with E-state index in [0.29, 0.717) is 6.54 Å². The van der Waals surface area contributed by atoms with Crippen LogP contribution in [0.2, 0.25) is 0 Å². The molecule has 0 bridgehead atoms. The Labute approximate surface area is 103 Å². The Balaban J connectivity index is 2.83. The van der Waals surface area contributed by atoms with E-state index in [1.165, 1.54) is 0 Å². The number of carbonyl (C=O) groups excluding carboxylic acids is 1. The van der Waals surface area contributed by atoms with Crippen LogP contribution in [0.25, 0.3) is 0 Å². The summed E-state index contributed by atoms with van der Waals surface area (Å²) in [6, 6.07) is 9.16. The van der Waals surface area contributed by atoms with Gasteiger partial charge in [-0.2, -0.15) is 0 Å². The predicted octanol–water partition coefficient (Wildman–Crippen LogP) is 0.928. The molecule has 17 heavy (non-hydrogen) atoms. The van der Waals surface area contributed by atoms with Gasteiger partial charge >= 0.3 is 0 Å². The van der Waals surface area contributed by atoms with Crippen LogP contribution >= 0.6 is 0 Å². The number of para-hydroxylation sites is 1. The maximum Gasteiger partial charge on any atom is 0.243 e. The van der Waals surface area contributed by atoms with Crippen LogP contribution in [-0.4, -0.2) is 44.0 Å². The van der Waals surface area contributed by atoms with Crippen LogP contribution in [-0.2, 0) is 4.79 Å². The first-order chi connectivity index (χ1) is 8.02. The zero-order chi connectivity index (χ0) is 12.8. The lowest BCUT2D eigenvalue weighted by Gasteiger charge is -2.26. The van der Waals surface area contributed by atoms with Gasteiger partial charge < -0.3 is 15.5 Å². The van der Waals surface area contributed by atoms with Gasteiger partial charge in [0.25, 0.3) is 0 Å². The second-order valence-corrected chi connectivity index (χ2v) is 4.42. The molecule has 94 valence electrons. The molecule has 0 spiro atoms. The highest BCUT2D eigenvalue weighted by molar-refractivity contribution is 5.96. The van der Waals surface area contributed by atoms with Gasteiger partial charge in [-0.25, -0.2) is 0 Å². The minimum atomic E-state index is -0.475. The molecule has 1 aromatic carbocycles. The predicted molar refractivity (Wildman–Crippen MR) is 71.0 cm³/mol. The zero-order valence-electron chi connectivity index (χ0n) is 10.8. The van der Waals surface area contributed by atoms with Gasteiger partial charge in [0.15, 0.2) is 0 Å². The number of hydrogen-bond donors (Lipinski definition) is 1. The van der Waals surface area contributed by atoms with Crippen LogP contribution in [0, 0.1) is 0 Å². The second-order valence-electron chi connectivity index (χ2n) is 4.42. The minimum absolute atomic E-state index is 0.0435. The van der Waals surface area contributed by atoms with Crippen LogP contribution < -0.4 is 10.6 Å². The number of likely N-dealkylation sites (N-methyl/N-ethyl adjacent to an activating group) is 1. The smallest absolute Gasteiger partial charge is 0.243 e. The molecule has 0 saturated carbocycles. The van der Waals surface area contributed by atoms with Crippen LogP contribution in [0.1, 0.15) is 6.92 Å². The van der Waals surface area contributed by atoms with E-state index in [-0.39, 0.29) is 5.91 Å². The number of amides is 1. The van der Waals surface area contributed by atoms with Gasteiger partial charge in [0.2, 0.25) is 5.91 Å². The first-order valence-corrected chi connectivity index (χ1v) is 5.79. The lowest BCUT2D eigenvalue weighted by Crippen LogP contribution is -2.44. The minimum Gasteiger partial charge on any atom is -0.320 e.